The van der Waals surface area contributed by atoms with Gasteiger partial charge in [0.2, 0.25) is 0 Å². The topological polar surface area (TPSA) is 80.3 Å². The molecule has 0 aliphatic carbocycles. The van der Waals surface area contributed by atoms with Crippen LogP contribution in [0.3, 0.4) is 0 Å². The van der Waals surface area contributed by atoms with Crippen LogP contribution >= 0.6 is 23.2 Å². The number of ether oxygens (including phenoxy) is 1. The molecule has 1 aliphatic rings. The molecule has 1 aliphatic heterocycles. The monoisotopic (exact) mass is 475 g/mol. The molecule has 4 rings (SSSR count). The zero-order chi connectivity index (χ0) is 22.7. The summed E-state index contributed by atoms with van der Waals surface area (Å²) in [5, 5.41) is 14.3. The molecule has 9 heteroatoms. The summed E-state index contributed by atoms with van der Waals surface area (Å²) in [5.74, 6) is 0.736. The Morgan fingerprint density at radius 1 is 1.22 bits per heavy atom. The molecule has 1 unspecified atom stereocenters. The van der Waals surface area contributed by atoms with Crippen LogP contribution in [0.5, 0.6) is 0 Å². The van der Waals surface area contributed by atoms with Crippen LogP contribution in [0.15, 0.2) is 53.6 Å². The molecule has 168 valence electrons. The number of aliphatic hydroxyl groups excluding tert-OH is 1. The van der Waals surface area contributed by atoms with E-state index in [1.54, 1.807) is 24.4 Å². The largest absolute Gasteiger partial charge is 0.394 e. The third-order valence-electron chi connectivity index (χ3n) is 5.59. The summed E-state index contributed by atoms with van der Waals surface area (Å²) in [6.07, 6.45) is 5.43. The van der Waals surface area contributed by atoms with E-state index in [0.29, 0.717) is 32.9 Å². The molecule has 2 aromatic heterocycles. The van der Waals surface area contributed by atoms with Gasteiger partial charge in [-0.3, -0.25) is 10.1 Å². The summed E-state index contributed by atoms with van der Waals surface area (Å²) in [6, 6.07) is 9.92. The molecule has 0 bridgehead atoms. The number of halogens is 2. The number of nitrogens with zero attached hydrogens (tertiary/aromatic N) is 3. The fraction of sp³-hybridized carbons (Fsp3) is 0.348. The molecule has 32 heavy (non-hydrogen) atoms. The first-order valence-corrected chi connectivity index (χ1v) is 11.2. The highest BCUT2D eigenvalue weighted by Crippen LogP contribution is 2.26. The van der Waals surface area contributed by atoms with Crippen molar-refractivity contribution in [1.82, 2.24) is 9.55 Å². The van der Waals surface area contributed by atoms with Crippen LogP contribution in [-0.4, -0.2) is 40.5 Å². The van der Waals surface area contributed by atoms with E-state index in [1.165, 1.54) is 10.6 Å². The molecule has 0 radical (unpaired) electrons. The lowest BCUT2D eigenvalue weighted by Crippen LogP contribution is -2.38. The van der Waals surface area contributed by atoms with E-state index < -0.39 is 6.04 Å². The van der Waals surface area contributed by atoms with E-state index in [9.17, 15) is 9.90 Å². The predicted octanol–water partition coefficient (Wildman–Crippen LogP) is 3.21. The summed E-state index contributed by atoms with van der Waals surface area (Å²) in [5.41, 5.74) is 1.79. The van der Waals surface area contributed by atoms with Crippen molar-refractivity contribution in [2.75, 3.05) is 25.1 Å². The molecule has 0 amide bonds. The second kappa shape index (κ2) is 10.0. The van der Waals surface area contributed by atoms with Crippen LogP contribution in [-0.2, 0) is 11.8 Å². The van der Waals surface area contributed by atoms with E-state index in [4.69, 9.17) is 32.9 Å². The standard InChI is InChI=1S/C23H24Cl2N4O3/c1-28-6-3-20(27-23(28)26-19-4-8-32-9-5-19)15-2-7-29(22(31)12-15)21(14-30)16-10-17(24)13-18(25)11-16/h2-3,6-7,10-13,19,21,30H,4-5,8-9,14H2,1H3/p+1. The zero-order valence-electron chi connectivity index (χ0n) is 17.7. The van der Waals surface area contributed by atoms with E-state index in [1.807, 2.05) is 29.9 Å². The number of benzene rings is 1. The SMILES string of the molecule is C[n+]1ccc(-c2ccn(C(CO)c3cc(Cl)cc(Cl)c3)c(=O)c2)nc1NC1CCOCC1. The molecule has 3 aromatic rings. The van der Waals surface area contributed by atoms with Gasteiger partial charge in [-0.05, 0) is 29.8 Å². The molecule has 1 saturated heterocycles. The summed E-state index contributed by atoms with van der Waals surface area (Å²) in [4.78, 5) is 17.7. The third kappa shape index (κ3) is 5.13. The first kappa shape index (κ1) is 22.7. The smallest absolute Gasteiger partial charge is 0.392 e. The van der Waals surface area contributed by atoms with Gasteiger partial charge in [-0.1, -0.05) is 28.2 Å². The van der Waals surface area contributed by atoms with E-state index in [-0.39, 0.29) is 12.2 Å². The quantitative estimate of drug-likeness (QED) is 0.535. The van der Waals surface area contributed by atoms with Crippen molar-refractivity contribution in [1.29, 1.82) is 0 Å². The maximum Gasteiger partial charge on any atom is 0.392 e. The second-order valence-corrected chi connectivity index (χ2v) is 8.71. The van der Waals surface area contributed by atoms with Gasteiger partial charge in [-0.15, -0.1) is 0 Å². The van der Waals surface area contributed by atoms with Gasteiger partial charge in [0.25, 0.3) is 5.56 Å². The van der Waals surface area contributed by atoms with Gasteiger partial charge in [0, 0.05) is 60.0 Å². The van der Waals surface area contributed by atoms with Crippen LogP contribution in [0, 0.1) is 0 Å². The summed E-state index contributed by atoms with van der Waals surface area (Å²) >= 11 is 12.2. The fourth-order valence-electron chi connectivity index (χ4n) is 3.83. The van der Waals surface area contributed by atoms with E-state index >= 15 is 0 Å². The minimum absolute atomic E-state index is 0.258. The number of anilines is 1. The Morgan fingerprint density at radius 3 is 2.59 bits per heavy atom. The van der Waals surface area contributed by atoms with Crippen molar-refractivity contribution in [2.45, 2.75) is 24.9 Å². The van der Waals surface area contributed by atoms with Crippen LogP contribution in [0.4, 0.5) is 5.95 Å². The van der Waals surface area contributed by atoms with Crippen molar-refractivity contribution in [3.63, 3.8) is 0 Å². The normalized spacial score (nSPS) is 15.5. The zero-order valence-corrected chi connectivity index (χ0v) is 19.2. The van der Waals surface area contributed by atoms with E-state index in [0.717, 1.165) is 32.0 Å². The number of aliphatic hydroxyl groups is 1. The highest BCUT2D eigenvalue weighted by molar-refractivity contribution is 6.34. The number of aromatic nitrogens is 3. The average Bonchev–Trinajstić information content (AvgIpc) is 2.77. The summed E-state index contributed by atoms with van der Waals surface area (Å²) < 4.78 is 8.81. The van der Waals surface area contributed by atoms with Crippen molar-refractivity contribution < 1.29 is 14.4 Å². The molecule has 1 atom stereocenters. The Bertz CT molecular complexity index is 1140. The highest BCUT2D eigenvalue weighted by atomic mass is 35.5. The minimum atomic E-state index is -0.597. The maximum absolute atomic E-state index is 12.9. The fourth-order valence-corrected chi connectivity index (χ4v) is 4.37. The molecular formula is C23H25Cl2N4O3+. The van der Waals surface area contributed by atoms with Crippen molar-refractivity contribution >= 4 is 29.2 Å². The number of pyridine rings is 1. The molecule has 1 aromatic carbocycles. The first-order chi connectivity index (χ1) is 15.4. The molecule has 0 spiro atoms. The van der Waals surface area contributed by atoms with Gasteiger partial charge in [-0.25, -0.2) is 4.57 Å². The summed E-state index contributed by atoms with van der Waals surface area (Å²) in [7, 11) is 1.93. The van der Waals surface area contributed by atoms with E-state index in [2.05, 4.69) is 5.32 Å². The molecule has 2 N–H and O–H groups in total. The summed E-state index contributed by atoms with van der Waals surface area (Å²) in [6.45, 7) is 1.21. The predicted molar refractivity (Wildman–Crippen MR) is 124 cm³/mol. The average molecular weight is 476 g/mol. The highest BCUT2D eigenvalue weighted by Gasteiger charge is 2.22. The number of rotatable bonds is 6. The first-order valence-electron chi connectivity index (χ1n) is 10.4. The van der Waals surface area contributed by atoms with Crippen molar-refractivity contribution in [3.05, 3.63) is 74.8 Å². The molecule has 1 fully saturated rings. The lowest BCUT2D eigenvalue weighted by Gasteiger charge is -2.20. The molecular weight excluding hydrogens is 451 g/mol. The van der Waals surface area contributed by atoms with Gasteiger partial charge < -0.3 is 14.4 Å². The molecule has 3 heterocycles. The Balaban J connectivity index is 1.63. The lowest BCUT2D eigenvalue weighted by molar-refractivity contribution is -0.659. The van der Waals surface area contributed by atoms with Crippen molar-refractivity contribution in [2.24, 2.45) is 7.05 Å². The Labute approximate surface area is 196 Å². The number of aryl methyl sites for hydroxylation is 1. The van der Waals surface area contributed by atoms with Gasteiger partial charge in [-0.2, -0.15) is 0 Å². The number of hydrogen-bond acceptors (Lipinski definition) is 5. The van der Waals surface area contributed by atoms with Crippen molar-refractivity contribution in [3.8, 4) is 11.3 Å². The maximum atomic E-state index is 12.9. The number of hydrogen-bond donors (Lipinski definition) is 2. The molecule has 7 nitrogen and oxygen atoms in total. The van der Waals surface area contributed by atoms with Crippen LogP contribution in [0.2, 0.25) is 10.0 Å². The van der Waals surface area contributed by atoms with Gasteiger partial charge >= 0.3 is 5.95 Å². The van der Waals surface area contributed by atoms with Crippen LogP contribution in [0.25, 0.3) is 11.3 Å². The Hall–Kier alpha value is -2.45. The number of nitrogens with one attached hydrogen (secondary N) is 1. The van der Waals surface area contributed by atoms with Gasteiger partial charge in [0.05, 0.1) is 31.9 Å². The lowest BCUT2D eigenvalue weighted by atomic mass is 10.1. The third-order valence-corrected chi connectivity index (χ3v) is 6.03. The minimum Gasteiger partial charge on any atom is -0.394 e. The van der Waals surface area contributed by atoms with Crippen LogP contribution < -0.4 is 15.4 Å². The second-order valence-electron chi connectivity index (χ2n) is 7.84. The Morgan fingerprint density at radius 2 is 1.94 bits per heavy atom. The van der Waals surface area contributed by atoms with Gasteiger partial charge in [0.15, 0.2) is 5.69 Å². The Kier molecular flexibility index (Phi) is 7.10. The van der Waals surface area contributed by atoms with Crippen LogP contribution in [0.1, 0.15) is 24.4 Å². The van der Waals surface area contributed by atoms with Gasteiger partial charge in [0.1, 0.15) is 0 Å². The molecule has 0 saturated carbocycles.